The number of aromatic nitrogens is 4. The fourth-order valence-corrected chi connectivity index (χ4v) is 1.22. The van der Waals surface area contributed by atoms with Gasteiger partial charge in [-0.3, -0.25) is 4.68 Å². The van der Waals surface area contributed by atoms with Gasteiger partial charge in [0.15, 0.2) is 5.82 Å². The van der Waals surface area contributed by atoms with Gasteiger partial charge < -0.3 is 15.8 Å². The standard InChI is InChI=1S/C9H12N6O/c1-15-4-3-6(14-15)11-7-5-8(16-2)13-9(10)12-7/h3-5H,1-2H3,(H3,10,11,12,13,14). The lowest BCUT2D eigenvalue weighted by Gasteiger charge is -2.05. The summed E-state index contributed by atoms with van der Waals surface area (Å²) in [6, 6.07) is 3.47. The SMILES string of the molecule is COc1cc(Nc2ccn(C)n2)nc(N)n1. The maximum absolute atomic E-state index is 5.53. The van der Waals surface area contributed by atoms with E-state index < -0.39 is 0 Å². The van der Waals surface area contributed by atoms with E-state index in [0.717, 1.165) is 0 Å². The molecule has 0 fully saturated rings. The summed E-state index contributed by atoms with van der Waals surface area (Å²) in [6.07, 6.45) is 1.82. The van der Waals surface area contributed by atoms with Crippen molar-refractivity contribution in [3.63, 3.8) is 0 Å². The van der Waals surface area contributed by atoms with E-state index in [4.69, 9.17) is 10.5 Å². The lowest BCUT2D eigenvalue weighted by atomic mass is 10.5. The van der Waals surface area contributed by atoms with Crippen LogP contribution >= 0.6 is 0 Å². The second-order valence-corrected chi connectivity index (χ2v) is 3.15. The summed E-state index contributed by atoms with van der Waals surface area (Å²) < 4.78 is 6.67. The number of nitrogens with one attached hydrogen (secondary N) is 1. The van der Waals surface area contributed by atoms with E-state index in [1.807, 2.05) is 19.3 Å². The Hall–Kier alpha value is -2.31. The maximum atomic E-state index is 5.53. The molecule has 0 unspecified atom stereocenters. The molecule has 0 bridgehead atoms. The van der Waals surface area contributed by atoms with Crippen LogP contribution in [0.1, 0.15) is 0 Å². The zero-order chi connectivity index (χ0) is 11.5. The normalized spacial score (nSPS) is 10.1. The van der Waals surface area contributed by atoms with Gasteiger partial charge in [0.05, 0.1) is 7.11 Å². The first-order chi connectivity index (χ1) is 7.67. The number of nitrogen functional groups attached to an aromatic ring is 1. The van der Waals surface area contributed by atoms with Gasteiger partial charge in [0.1, 0.15) is 5.82 Å². The van der Waals surface area contributed by atoms with E-state index >= 15 is 0 Å². The van der Waals surface area contributed by atoms with Gasteiger partial charge in [-0.25, -0.2) is 0 Å². The van der Waals surface area contributed by atoms with Crippen LogP contribution in [0.4, 0.5) is 17.6 Å². The van der Waals surface area contributed by atoms with Crippen LogP contribution in [0.3, 0.4) is 0 Å². The van der Waals surface area contributed by atoms with Gasteiger partial charge in [0, 0.05) is 25.4 Å². The van der Waals surface area contributed by atoms with Crippen molar-refractivity contribution in [2.45, 2.75) is 0 Å². The number of anilines is 3. The summed E-state index contributed by atoms with van der Waals surface area (Å²) in [5, 5.41) is 7.15. The van der Waals surface area contributed by atoms with E-state index in [0.29, 0.717) is 17.5 Å². The van der Waals surface area contributed by atoms with Crippen LogP contribution < -0.4 is 15.8 Å². The molecule has 16 heavy (non-hydrogen) atoms. The van der Waals surface area contributed by atoms with Gasteiger partial charge >= 0.3 is 0 Å². The first-order valence-corrected chi connectivity index (χ1v) is 4.62. The number of nitrogens with two attached hydrogens (primary N) is 1. The van der Waals surface area contributed by atoms with E-state index in [1.54, 1.807) is 10.7 Å². The van der Waals surface area contributed by atoms with E-state index in [-0.39, 0.29) is 5.95 Å². The minimum Gasteiger partial charge on any atom is -0.481 e. The number of hydrogen-bond acceptors (Lipinski definition) is 6. The predicted molar refractivity (Wildman–Crippen MR) is 59.5 cm³/mol. The van der Waals surface area contributed by atoms with Crippen LogP contribution in [0.2, 0.25) is 0 Å². The van der Waals surface area contributed by atoms with Crippen molar-refractivity contribution < 1.29 is 4.74 Å². The van der Waals surface area contributed by atoms with Crippen LogP contribution in [0.5, 0.6) is 5.88 Å². The number of ether oxygens (including phenoxy) is 1. The average molecular weight is 220 g/mol. The molecular weight excluding hydrogens is 208 g/mol. The number of aryl methyl sites for hydroxylation is 1. The Kier molecular flexibility index (Phi) is 2.59. The number of nitrogens with zero attached hydrogens (tertiary/aromatic N) is 4. The molecule has 2 aromatic rings. The first-order valence-electron chi connectivity index (χ1n) is 4.62. The third kappa shape index (κ3) is 2.19. The van der Waals surface area contributed by atoms with Crippen molar-refractivity contribution in [1.82, 2.24) is 19.7 Å². The van der Waals surface area contributed by atoms with Crippen molar-refractivity contribution >= 4 is 17.6 Å². The van der Waals surface area contributed by atoms with Gasteiger partial charge in [-0.2, -0.15) is 15.1 Å². The molecule has 2 aromatic heterocycles. The molecule has 7 heteroatoms. The Morgan fingerprint density at radius 1 is 1.38 bits per heavy atom. The highest BCUT2D eigenvalue weighted by Gasteiger charge is 2.04. The highest BCUT2D eigenvalue weighted by Crippen LogP contribution is 2.17. The molecule has 0 aromatic carbocycles. The number of rotatable bonds is 3. The van der Waals surface area contributed by atoms with Gasteiger partial charge in [-0.05, 0) is 0 Å². The molecule has 0 saturated carbocycles. The van der Waals surface area contributed by atoms with Crippen LogP contribution in [-0.4, -0.2) is 26.9 Å². The summed E-state index contributed by atoms with van der Waals surface area (Å²) in [5.41, 5.74) is 5.53. The summed E-state index contributed by atoms with van der Waals surface area (Å²) in [4.78, 5) is 7.89. The molecule has 0 spiro atoms. The fraction of sp³-hybridized carbons (Fsp3) is 0.222. The summed E-state index contributed by atoms with van der Waals surface area (Å²) in [7, 11) is 3.35. The van der Waals surface area contributed by atoms with Crippen molar-refractivity contribution in [3.05, 3.63) is 18.3 Å². The molecule has 0 amide bonds. The minimum atomic E-state index is 0.151. The quantitative estimate of drug-likeness (QED) is 0.784. The average Bonchev–Trinajstić information content (AvgIpc) is 2.63. The molecule has 7 nitrogen and oxygen atoms in total. The lowest BCUT2D eigenvalue weighted by Crippen LogP contribution is -2.02. The third-order valence-electron chi connectivity index (χ3n) is 1.90. The Bertz CT molecular complexity index is 494. The number of hydrogen-bond donors (Lipinski definition) is 2. The minimum absolute atomic E-state index is 0.151. The molecule has 3 N–H and O–H groups in total. The highest BCUT2D eigenvalue weighted by atomic mass is 16.5. The summed E-state index contributed by atoms with van der Waals surface area (Å²) >= 11 is 0. The van der Waals surface area contributed by atoms with Gasteiger partial charge in [-0.1, -0.05) is 0 Å². The van der Waals surface area contributed by atoms with Crippen LogP contribution in [0.15, 0.2) is 18.3 Å². The smallest absolute Gasteiger partial charge is 0.225 e. The zero-order valence-corrected chi connectivity index (χ0v) is 9.01. The Balaban J connectivity index is 2.24. The van der Waals surface area contributed by atoms with Crippen molar-refractivity contribution in [3.8, 4) is 5.88 Å². The Labute approximate surface area is 92.3 Å². The molecule has 0 radical (unpaired) electrons. The Morgan fingerprint density at radius 3 is 2.81 bits per heavy atom. The zero-order valence-electron chi connectivity index (χ0n) is 9.01. The molecule has 0 saturated heterocycles. The second kappa shape index (κ2) is 4.05. The van der Waals surface area contributed by atoms with Crippen molar-refractivity contribution in [1.29, 1.82) is 0 Å². The largest absolute Gasteiger partial charge is 0.481 e. The molecule has 84 valence electrons. The highest BCUT2D eigenvalue weighted by molar-refractivity contribution is 5.53. The van der Waals surface area contributed by atoms with Crippen LogP contribution in [-0.2, 0) is 7.05 Å². The molecular formula is C9H12N6O. The van der Waals surface area contributed by atoms with Crippen LogP contribution in [0.25, 0.3) is 0 Å². The van der Waals surface area contributed by atoms with Gasteiger partial charge in [0.25, 0.3) is 0 Å². The monoisotopic (exact) mass is 220 g/mol. The molecule has 0 aliphatic carbocycles. The molecule has 0 atom stereocenters. The Morgan fingerprint density at radius 2 is 2.19 bits per heavy atom. The first kappa shape index (κ1) is 10.2. The third-order valence-corrected chi connectivity index (χ3v) is 1.90. The summed E-state index contributed by atoms with van der Waals surface area (Å²) in [5.74, 6) is 1.79. The maximum Gasteiger partial charge on any atom is 0.225 e. The van der Waals surface area contributed by atoms with Gasteiger partial charge in [0.2, 0.25) is 11.8 Å². The fourth-order valence-electron chi connectivity index (χ4n) is 1.22. The summed E-state index contributed by atoms with van der Waals surface area (Å²) in [6.45, 7) is 0. The molecule has 0 aliphatic heterocycles. The van der Waals surface area contributed by atoms with Crippen molar-refractivity contribution in [2.75, 3.05) is 18.2 Å². The molecule has 2 rings (SSSR count). The van der Waals surface area contributed by atoms with E-state index in [2.05, 4.69) is 20.4 Å². The molecule has 2 heterocycles. The van der Waals surface area contributed by atoms with E-state index in [1.165, 1.54) is 7.11 Å². The lowest BCUT2D eigenvalue weighted by molar-refractivity contribution is 0.398. The predicted octanol–water partition coefficient (Wildman–Crippen LogP) is 0.544. The second-order valence-electron chi connectivity index (χ2n) is 3.15. The van der Waals surface area contributed by atoms with Crippen LogP contribution in [0, 0.1) is 0 Å². The number of methoxy groups -OCH3 is 1. The topological polar surface area (TPSA) is 90.9 Å². The van der Waals surface area contributed by atoms with Crippen molar-refractivity contribution in [2.24, 2.45) is 7.05 Å². The van der Waals surface area contributed by atoms with E-state index in [9.17, 15) is 0 Å². The molecule has 0 aliphatic rings. The van der Waals surface area contributed by atoms with Gasteiger partial charge in [-0.15, -0.1) is 0 Å².